The van der Waals surface area contributed by atoms with Crippen LogP contribution in [0, 0.1) is 5.95 Å². The number of hydrogen-bond acceptors (Lipinski definition) is 2. The van der Waals surface area contributed by atoms with Crippen molar-refractivity contribution in [2.45, 2.75) is 0 Å². The molecule has 1 aromatic heterocycles. The molecule has 1 heterocycles. The molecule has 1 N–H and O–H groups in total. The van der Waals surface area contributed by atoms with Crippen molar-refractivity contribution in [3.8, 4) is 11.1 Å². The van der Waals surface area contributed by atoms with Gasteiger partial charge >= 0.3 is 5.97 Å². The smallest absolute Gasteiger partial charge is 0.336 e. The fourth-order valence-electron chi connectivity index (χ4n) is 1.56. The van der Waals surface area contributed by atoms with Crippen LogP contribution in [0.25, 0.3) is 11.1 Å². The maximum atomic E-state index is 13.0. The minimum absolute atomic E-state index is 0.0880. The third-order valence-electron chi connectivity index (χ3n) is 2.43. The number of halogens is 4. The van der Waals surface area contributed by atoms with Crippen molar-refractivity contribution in [2.75, 3.05) is 0 Å². The van der Waals surface area contributed by atoms with Crippen LogP contribution in [0.1, 0.15) is 10.4 Å². The zero-order valence-electron chi connectivity index (χ0n) is 9.12. The quantitative estimate of drug-likeness (QED) is 0.652. The highest BCUT2D eigenvalue weighted by atomic mass is 35.5. The Bertz CT molecular complexity index is 676. The van der Waals surface area contributed by atoms with Crippen molar-refractivity contribution in [1.82, 2.24) is 4.98 Å². The van der Waals surface area contributed by atoms with E-state index in [1.165, 1.54) is 12.1 Å². The van der Waals surface area contributed by atoms with Crippen LogP contribution in [0.15, 0.2) is 24.4 Å². The molecule has 0 aliphatic rings. The van der Waals surface area contributed by atoms with Crippen molar-refractivity contribution in [1.29, 1.82) is 0 Å². The van der Waals surface area contributed by atoms with Gasteiger partial charge in [-0.05, 0) is 6.07 Å². The molecule has 0 unspecified atom stereocenters. The first-order chi connectivity index (χ1) is 8.91. The first-order valence-corrected chi connectivity index (χ1v) is 6.08. The second-order valence-electron chi connectivity index (χ2n) is 3.58. The summed E-state index contributed by atoms with van der Waals surface area (Å²) in [6.45, 7) is 0. The second kappa shape index (κ2) is 5.33. The average Bonchev–Trinajstić information content (AvgIpc) is 2.37. The largest absolute Gasteiger partial charge is 0.478 e. The van der Waals surface area contributed by atoms with Crippen LogP contribution in [0.5, 0.6) is 0 Å². The minimum Gasteiger partial charge on any atom is -0.478 e. The number of carboxylic acids is 1. The molecule has 98 valence electrons. The van der Waals surface area contributed by atoms with Gasteiger partial charge in [-0.1, -0.05) is 40.9 Å². The van der Waals surface area contributed by atoms with Crippen LogP contribution in [0.4, 0.5) is 4.39 Å². The lowest BCUT2D eigenvalue weighted by Gasteiger charge is -2.09. The highest BCUT2D eigenvalue weighted by Crippen LogP contribution is 2.38. The van der Waals surface area contributed by atoms with Gasteiger partial charge in [0.1, 0.15) is 0 Å². The predicted molar refractivity (Wildman–Crippen MR) is 71.6 cm³/mol. The van der Waals surface area contributed by atoms with Crippen LogP contribution in [-0.4, -0.2) is 16.1 Å². The molecule has 19 heavy (non-hydrogen) atoms. The van der Waals surface area contributed by atoms with Crippen LogP contribution in [0.2, 0.25) is 15.1 Å². The lowest BCUT2D eigenvalue weighted by molar-refractivity contribution is 0.0697. The van der Waals surface area contributed by atoms with Gasteiger partial charge in [0, 0.05) is 23.4 Å². The Morgan fingerprint density at radius 1 is 1.16 bits per heavy atom. The Morgan fingerprint density at radius 2 is 1.84 bits per heavy atom. The van der Waals surface area contributed by atoms with E-state index in [4.69, 9.17) is 39.9 Å². The van der Waals surface area contributed by atoms with E-state index in [-0.39, 0.29) is 26.2 Å². The first kappa shape index (κ1) is 14.1. The van der Waals surface area contributed by atoms with Gasteiger partial charge in [0.05, 0.1) is 20.6 Å². The summed E-state index contributed by atoms with van der Waals surface area (Å²) in [4.78, 5) is 14.5. The van der Waals surface area contributed by atoms with E-state index in [0.717, 1.165) is 12.3 Å². The molecule has 0 aliphatic heterocycles. The molecule has 0 saturated heterocycles. The molecule has 0 fully saturated rings. The Labute approximate surface area is 122 Å². The Balaban J connectivity index is 2.72. The van der Waals surface area contributed by atoms with E-state index >= 15 is 0 Å². The zero-order chi connectivity index (χ0) is 14.2. The number of pyridine rings is 1. The standard InChI is InChI=1S/C12H5Cl3FNO2/c13-8-2-1-5(10(14)11(8)15)7-4-17-9(16)3-6(7)12(18)19/h1-4H,(H,18,19). The van der Waals surface area contributed by atoms with Gasteiger partial charge in [-0.2, -0.15) is 4.39 Å². The monoisotopic (exact) mass is 319 g/mol. The fraction of sp³-hybridized carbons (Fsp3) is 0. The fourth-order valence-corrected chi connectivity index (χ4v) is 2.19. The molecule has 2 rings (SSSR count). The summed E-state index contributed by atoms with van der Waals surface area (Å²) in [6, 6.07) is 3.79. The Hall–Kier alpha value is -1.36. The molecule has 2 aromatic rings. The summed E-state index contributed by atoms with van der Waals surface area (Å²) in [5, 5.41) is 9.49. The Morgan fingerprint density at radius 3 is 2.47 bits per heavy atom. The summed E-state index contributed by atoms with van der Waals surface area (Å²) in [5.74, 6) is -2.18. The van der Waals surface area contributed by atoms with Gasteiger partial charge in [-0.15, -0.1) is 0 Å². The van der Waals surface area contributed by atoms with Crippen molar-refractivity contribution < 1.29 is 14.3 Å². The lowest BCUT2D eigenvalue weighted by atomic mass is 10.0. The number of carbonyl (C=O) groups is 1. The van der Waals surface area contributed by atoms with E-state index in [2.05, 4.69) is 4.98 Å². The number of aromatic nitrogens is 1. The Kier molecular flexibility index (Phi) is 3.94. The van der Waals surface area contributed by atoms with Crippen LogP contribution < -0.4 is 0 Å². The summed E-state index contributed by atoms with van der Waals surface area (Å²) in [7, 11) is 0. The van der Waals surface area contributed by atoms with Gasteiger partial charge in [0.15, 0.2) is 0 Å². The van der Waals surface area contributed by atoms with Gasteiger partial charge in [0.2, 0.25) is 5.95 Å². The molecule has 7 heteroatoms. The van der Waals surface area contributed by atoms with E-state index in [0.29, 0.717) is 5.56 Å². The van der Waals surface area contributed by atoms with E-state index in [9.17, 15) is 9.18 Å². The van der Waals surface area contributed by atoms with Gasteiger partial charge in [0.25, 0.3) is 0 Å². The molecule has 0 amide bonds. The highest BCUT2D eigenvalue weighted by Gasteiger charge is 2.18. The van der Waals surface area contributed by atoms with Crippen LogP contribution in [0.3, 0.4) is 0 Å². The molecule has 0 bridgehead atoms. The van der Waals surface area contributed by atoms with Crippen molar-refractivity contribution in [3.63, 3.8) is 0 Å². The summed E-state index contributed by atoms with van der Waals surface area (Å²) >= 11 is 17.7. The topological polar surface area (TPSA) is 50.2 Å². The maximum Gasteiger partial charge on any atom is 0.336 e. The van der Waals surface area contributed by atoms with E-state index < -0.39 is 11.9 Å². The SMILES string of the molecule is O=C(O)c1cc(F)ncc1-c1ccc(Cl)c(Cl)c1Cl. The van der Waals surface area contributed by atoms with Crippen molar-refractivity contribution >= 4 is 40.8 Å². The van der Waals surface area contributed by atoms with Gasteiger partial charge in [-0.25, -0.2) is 9.78 Å². The molecule has 0 spiro atoms. The van der Waals surface area contributed by atoms with Crippen molar-refractivity contribution in [2.24, 2.45) is 0 Å². The summed E-state index contributed by atoms with van der Waals surface area (Å²) < 4.78 is 13.0. The minimum atomic E-state index is -1.29. The lowest BCUT2D eigenvalue weighted by Crippen LogP contribution is -2.02. The maximum absolute atomic E-state index is 13.0. The number of benzene rings is 1. The number of carboxylic acid groups (broad SMARTS) is 1. The van der Waals surface area contributed by atoms with Crippen LogP contribution in [-0.2, 0) is 0 Å². The van der Waals surface area contributed by atoms with E-state index in [1.54, 1.807) is 0 Å². The normalized spacial score (nSPS) is 10.5. The van der Waals surface area contributed by atoms with Gasteiger partial charge < -0.3 is 5.11 Å². The van der Waals surface area contributed by atoms with Crippen molar-refractivity contribution in [3.05, 3.63) is 51.0 Å². The number of hydrogen-bond donors (Lipinski definition) is 1. The second-order valence-corrected chi connectivity index (χ2v) is 4.74. The summed E-state index contributed by atoms with van der Waals surface area (Å²) in [5.41, 5.74) is 0.228. The molecule has 0 atom stereocenters. The summed E-state index contributed by atoms with van der Waals surface area (Å²) in [6.07, 6.45) is 1.09. The zero-order valence-corrected chi connectivity index (χ0v) is 11.4. The predicted octanol–water partition coefficient (Wildman–Crippen LogP) is 4.55. The number of aromatic carboxylic acids is 1. The third kappa shape index (κ3) is 2.66. The molecular formula is C12H5Cl3FNO2. The molecule has 3 nitrogen and oxygen atoms in total. The van der Waals surface area contributed by atoms with E-state index in [1.807, 2.05) is 0 Å². The molecule has 0 radical (unpaired) electrons. The molecule has 0 aliphatic carbocycles. The third-order valence-corrected chi connectivity index (χ3v) is 3.72. The average molecular weight is 321 g/mol. The number of nitrogens with zero attached hydrogens (tertiary/aromatic N) is 1. The molecule has 0 saturated carbocycles. The van der Waals surface area contributed by atoms with Gasteiger partial charge in [-0.3, -0.25) is 0 Å². The first-order valence-electron chi connectivity index (χ1n) is 4.94. The highest BCUT2D eigenvalue weighted by molar-refractivity contribution is 6.49. The number of rotatable bonds is 2. The van der Waals surface area contributed by atoms with Crippen LogP contribution >= 0.6 is 34.8 Å². The molecule has 1 aromatic carbocycles. The molecular weight excluding hydrogens is 315 g/mol.